The molecule has 1 nitrogen and oxygen atoms in total. The van der Waals surface area contributed by atoms with E-state index >= 15 is 0 Å². The highest BCUT2D eigenvalue weighted by atomic mass is 16.1. The van der Waals surface area contributed by atoms with Gasteiger partial charge in [-0.15, -0.1) is 0 Å². The maximum Gasteiger partial charge on any atom is 0.145 e. The van der Waals surface area contributed by atoms with E-state index in [1.165, 1.54) is 6.08 Å². The molecule has 0 aromatic carbocycles. The van der Waals surface area contributed by atoms with Gasteiger partial charge in [0, 0.05) is 0 Å². The van der Waals surface area contributed by atoms with Crippen LogP contribution in [0.4, 0.5) is 0 Å². The van der Waals surface area contributed by atoms with Crippen LogP contribution in [-0.2, 0) is 4.79 Å². The second-order valence-electron chi connectivity index (χ2n) is 1.07. The van der Waals surface area contributed by atoms with Gasteiger partial charge in [-0.05, 0) is 19.4 Å². The predicted molar refractivity (Wildman–Crippen MR) is 25.2 cm³/mol. The van der Waals surface area contributed by atoms with E-state index in [9.17, 15) is 4.79 Å². The third-order valence-corrected chi connectivity index (χ3v) is 0.508. The Morgan fingerprint density at radius 2 is 2.33 bits per heavy atom. The molecule has 0 bridgehead atoms. The first-order chi connectivity index (χ1) is 2.81. The van der Waals surface area contributed by atoms with Crippen molar-refractivity contribution in [3.8, 4) is 0 Å². The van der Waals surface area contributed by atoms with Gasteiger partial charge in [-0.3, -0.25) is 4.79 Å². The summed E-state index contributed by atoms with van der Waals surface area (Å²) < 4.78 is 0. The van der Waals surface area contributed by atoms with Gasteiger partial charge in [0.25, 0.3) is 0 Å². The van der Waals surface area contributed by atoms with E-state index in [1.807, 2.05) is 0 Å². The Balaban J connectivity index is 3.50. The molecule has 0 unspecified atom stereocenters. The first kappa shape index (κ1) is 5.41. The van der Waals surface area contributed by atoms with Gasteiger partial charge in [0.15, 0.2) is 0 Å². The monoisotopic (exact) mass is 83.0 g/mol. The fraction of sp³-hybridized carbons (Fsp3) is 0.200. The zero-order valence-corrected chi connectivity index (χ0v) is 3.77. The summed E-state index contributed by atoms with van der Waals surface area (Å²) in [6, 6.07) is 0. The Bertz CT molecular complexity index is 72.0. The molecule has 0 saturated carbocycles. The largest absolute Gasteiger partial charge is 0.298 e. The van der Waals surface area contributed by atoms with Crippen molar-refractivity contribution in [2.75, 3.05) is 0 Å². The molecule has 0 aromatic rings. The second kappa shape index (κ2) is 2.64. The summed E-state index contributed by atoms with van der Waals surface area (Å²) in [5, 5.41) is 0. The number of allylic oxidation sites excluding steroid dienone is 2. The van der Waals surface area contributed by atoms with Crippen LogP contribution < -0.4 is 0 Å². The average Bonchev–Trinajstić information content (AvgIpc) is 1.65. The molecule has 0 amide bonds. The van der Waals surface area contributed by atoms with E-state index in [2.05, 4.69) is 6.92 Å². The lowest BCUT2D eigenvalue weighted by atomic mass is 10.3. The SMILES string of the molecule is [CH2]/C=C(/C)C=O. The highest BCUT2D eigenvalue weighted by Gasteiger charge is 1.72. The van der Waals surface area contributed by atoms with Crippen molar-refractivity contribution in [2.24, 2.45) is 0 Å². The number of carbonyl (C=O) groups is 1. The van der Waals surface area contributed by atoms with Crippen molar-refractivity contribution in [2.45, 2.75) is 6.92 Å². The smallest absolute Gasteiger partial charge is 0.145 e. The molecule has 0 aliphatic heterocycles. The molecule has 0 spiro atoms. The number of hydrogen-bond acceptors (Lipinski definition) is 1. The van der Waals surface area contributed by atoms with E-state index in [0.717, 1.165) is 6.29 Å². The van der Waals surface area contributed by atoms with Gasteiger partial charge in [0.1, 0.15) is 6.29 Å². The van der Waals surface area contributed by atoms with Crippen molar-refractivity contribution in [3.05, 3.63) is 18.6 Å². The maximum atomic E-state index is 9.63. The molecule has 0 fully saturated rings. The molecule has 6 heavy (non-hydrogen) atoms. The minimum atomic E-state index is 0.676. The van der Waals surface area contributed by atoms with E-state index in [-0.39, 0.29) is 0 Å². The minimum absolute atomic E-state index is 0.676. The first-order valence-corrected chi connectivity index (χ1v) is 1.72. The lowest BCUT2D eigenvalue weighted by Gasteiger charge is -1.73. The van der Waals surface area contributed by atoms with E-state index in [1.54, 1.807) is 6.92 Å². The Kier molecular flexibility index (Phi) is 2.38. The molecule has 1 heteroatoms. The van der Waals surface area contributed by atoms with E-state index < -0.39 is 0 Å². The van der Waals surface area contributed by atoms with Gasteiger partial charge in [0.2, 0.25) is 0 Å². The number of rotatable bonds is 1. The number of carbonyl (C=O) groups excluding carboxylic acids is 1. The summed E-state index contributed by atoms with van der Waals surface area (Å²) in [6.45, 7) is 5.07. The Labute approximate surface area is 37.7 Å². The normalized spacial score (nSPS) is 11.3. The molecule has 0 rings (SSSR count). The molecule has 1 radical (unpaired) electrons. The van der Waals surface area contributed by atoms with Crippen molar-refractivity contribution in [1.82, 2.24) is 0 Å². The van der Waals surface area contributed by atoms with Crippen LogP contribution in [0.15, 0.2) is 11.6 Å². The van der Waals surface area contributed by atoms with Crippen LogP contribution in [0.5, 0.6) is 0 Å². The quantitative estimate of drug-likeness (QED) is 0.341. The van der Waals surface area contributed by atoms with Crippen molar-refractivity contribution in [3.63, 3.8) is 0 Å². The van der Waals surface area contributed by atoms with Crippen LogP contribution in [0.2, 0.25) is 0 Å². The number of aldehydes is 1. The zero-order chi connectivity index (χ0) is 4.99. The molecule has 33 valence electrons. The standard InChI is InChI=1S/C5H7O/c1-3-5(2)4-6/h3-4H,1H2,2H3/b5-3-. The lowest BCUT2D eigenvalue weighted by molar-refractivity contribution is -0.104. The molecule has 0 saturated heterocycles. The summed E-state index contributed by atoms with van der Waals surface area (Å²) >= 11 is 0. The molecule has 0 heterocycles. The fourth-order valence-corrected chi connectivity index (χ4v) is 0.0481. The Morgan fingerprint density at radius 1 is 1.83 bits per heavy atom. The second-order valence-corrected chi connectivity index (χ2v) is 1.07. The Hall–Kier alpha value is -0.590. The summed E-state index contributed by atoms with van der Waals surface area (Å²) in [7, 11) is 0. The van der Waals surface area contributed by atoms with Gasteiger partial charge in [-0.1, -0.05) is 6.08 Å². The zero-order valence-electron chi connectivity index (χ0n) is 3.77. The fourth-order valence-electron chi connectivity index (χ4n) is 0.0481. The molecule has 0 aliphatic carbocycles. The highest BCUT2D eigenvalue weighted by molar-refractivity contribution is 5.72. The van der Waals surface area contributed by atoms with Gasteiger partial charge < -0.3 is 0 Å². The minimum Gasteiger partial charge on any atom is -0.298 e. The lowest BCUT2D eigenvalue weighted by Crippen LogP contribution is -1.69. The summed E-state index contributed by atoms with van der Waals surface area (Å²) in [5.74, 6) is 0. The third kappa shape index (κ3) is 1.70. The molecular formula is C5H7O. The van der Waals surface area contributed by atoms with Crippen LogP contribution in [0.25, 0.3) is 0 Å². The Morgan fingerprint density at radius 3 is 2.33 bits per heavy atom. The van der Waals surface area contributed by atoms with Gasteiger partial charge in [-0.25, -0.2) is 0 Å². The van der Waals surface area contributed by atoms with Crippen LogP contribution in [0, 0.1) is 6.92 Å². The van der Waals surface area contributed by atoms with Crippen molar-refractivity contribution < 1.29 is 4.79 Å². The molecular weight excluding hydrogens is 76.1 g/mol. The van der Waals surface area contributed by atoms with Crippen LogP contribution >= 0.6 is 0 Å². The molecule has 0 N–H and O–H groups in total. The predicted octanol–water partition coefficient (Wildman–Crippen LogP) is 0.966. The van der Waals surface area contributed by atoms with Crippen molar-refractivity contribution >= 4 is 6.29 Å². The van der Waals surface area contributed by atoms with E-state index in [0.29, 0.717) is 5.57 Å². The van der Waals surface area contributed by atoms with Crippen LogP contribution in [0.3, 0.4) is 0 Å². The van der Waals surface area contributed by atoms with Gasteiger partial charge in [0.05, 0.1) is 0 Å². The van der Waals surface area contributed by atoms with Crippen molar-refractivity contribution in [1.29, 1.82) is 0 Å². The first-order valence-electron chi connectivity index (χ1n) is 1.72. The topological polar surface area (TPSA) is 17.1 Å². The van der Waals surface area contributed by atoms with Crippen LogP contribution in [0.1, 0.15) is 6.92 Å². The van der Waals surface area contributed by atoms with Crippen LogP contribution in [-0.4, -0.2) is 6.29 Å². The summed E-state index contributed by atoms with van der Waals surface area (Å²) in [4.78, 5) is 9.63. The molecule has 0 aromatic heterocycles. The highest BCUT2D eigenvalue weighted by Crippen LogP contribution is 1.79. The van der Waals surface area contributed by atoms with Gasteiger partial charge >= 0.3 is 0 Å². The summed E-state index contributed by atoms with van der Waals surface area (Å²) in [5.41, 5.74) is 0.676. The number of hydrogen-bond donors (Lipinski definition) is 0. The molecule has 0 atom stereocenters. The average molecular weight is 83.1 g/mol. The summed E-state index contributed by atoms with van der Waals surface area (Å²) in [6.07, 6.45) is 2.29. The van der Waals surface area contributed by atoms with Gasteiger partial charge in [-0.2, -0.15) is 0 Å². The molecule has 0 aliphatic rings. The maximum absolute atomic E-state index is 9.63. The van der Waals surface area contributed by atoms with E-state index in [4.69, 9.17) is 0 Å². The third-order valence-electron chi connectivity index (χ3n) is 0.508.